The average Bonchev–Trinajstić information content (AvgIpc) is 2.33. The smallest absolute Gasteiger partial charge is 0.405 e. The Bertz CT molecular complexity index is 343. The van der Waals surface area contributed by atoms with Gasteiger partial charge in [-0.3, -0.25) is 4.79 Å². The largest absolute Gasteiger partial charge is 0.465 e. The van der Waals surface area contributed by atoms with Crippen LogP contribution in [-0.2, 0) is 25.6 Å². The molecule has 0 saturated heterocycles. The lowest BCUT2D eigenvalue weighted by Gasteiger charge is -2.20. The predicted octanol–water partition coefficient (Wildman–Crippen LogP) is 2.63. The summed E-state index contributed by atoms with van der Waals surface area (Å²) in [6.07, 6.45) is -0.808. The molecule has 0 spiro atoms. The maximum Gasteiger partial charge on any atom is 0.405 e. The molecule has 0 rings (SSSR count). The molecular weight excluding hydrogens is 309 g/mol. The summed E-state index contributed by atoms with van der Waals surface area (Å²) in [5.74, 6) is -0.140. The minimum atomic E-state index is -2.50. The van der Waals surface area contributed by atoms with Crippen LogP contribution in [0, 0.1) is 0 Å². The lowest BCUT2D eigenvalue weighted by atomic mass is 10.1. The zero-order valence-corrected chi connectivity index (χ0v) is 13.8. The maximum atomic E-state index is 11.9. The summed E-state index contributed by atoms with van der Waals surface area (Å²) in [5.41, 5.74) is -2.50. The van der Waals surface area contributed by atoms with Gasteiger partial charge in [0.05, 0.1) is 25.0 Å². The Labute approximate surface area is 122 Å². The average molecular weight is 329 g/mol. The van der Waals surface area contributed by atoms with Crippen molar-refractivity contribution in [3.05, 3.63) is 0 Å². The van der Waals surface area contributed by atoms with E-state index in [0.29, 0.717) is 19.6 Å². The van der Waals surface area contributed by atoms with Crippen LogP contribution in [0.3, 0.4) is 0 Å². The Hall–Kier alpha value is -0.140. The normalized spacial score (nSPS) is 13.0. The van der Waals surface area contributed by atoms with E-state index in [1.807, 2.05) is 13.8 Å². The van der Waals surface area contributed by atoms with Crippen molar-refractivity contribution in [2.24, 2.45) is 0 Å². The molecule has 1 unspecified atom stereocenters. The molecule has 6 nitrogen and oxygen atoms in total. The van der Waals surface area contributed by atoms with Crippen molar-refractivity contribution in [2.45, 2.75) is 33.2 Å². The van der Waals surface area contributed by atoms with Crippen molar-refractivity contribution in [3.63, 3.8) is 0 Å². The van der Waals surface area contributed by atoms with Gasteiger partial charge in [0, 0.05) is 0 Å². The van der Waals surface area contributed by atoms with Gasteiger partial charge in [-0.1, -0.05) is 18.3 Å². The lowest BCUT2D eigenvalue weighted by molar-refractivity contribution is -0.118. The predicted molar refractivity (Wildman–Crippen MR) is 80.2 cm³/mol. The quantitative estimate of drug-likeness (QED) is 0.596. The van der Waals surface area contributed by atoms with E-state index in [1.165, 1.54) is 0 Å². The minimum absolute atomic E-state index is 0.0794. The molecule has 0 fully saturated rings. The van der Waals surface area contributed by atoms with Crippen molar-refractivity contribution in [1.82, 2.24) is 5.32 Å². The van der Waals surface area contributed by atoms with Crippen molar-refractivity contribution in [3.8, 4) is 0 Å². The molecule has 0 aromatic heterocycles. The Morgan fingerprint density at radius 3 is 2.21 bits per heavy atom. The molecule has 2 N–H and O–H groups in total. The Morgan fingerprint density at radius 2 is 1.84 bits per heavy atom. The number of carboxylic acid groups (broad SMARTS) is 1. The van der Waals surface area contributed by atoms with E-state index >= 15 is 0 Å². The summed E-state index contributed by atoms with van der Waals surface area (Å²) >= 11 is 6.42. The molecule has 9 heteroatoms. The van der Waals surface area contributed by atoms with Gasteiger partial charge in [0.1, 0.15) is 0 Å². The van der Waals surface area contributed by atoms with E-state index in [1.54, 1.807) is 6.92 Å². The van der Waals surface area contributed by atoms with Crippen molar-refractivity contribution in [2.75, 3.05) is 19.0 Å². The van der Waals surface area contributed by atoms with Gasteiger partial charge in [-0.25, -0.2) is 4.79 Å². The van der Waals surface area contributed by atoms with Gasteiger partial charge in [-0.05, 0) is 32.1 Å². The number of carbonyl (C=O) groups is 2. The second-order valence-electron chi connectivity index (χ2n) is 3.43. The third kappa shape index (κ3) is 7.89. The van der Waals surface area contributed by atoms with Crippen molar-refractivity contribution >= 4 is 40.8 Å². The molecule has 1 atom stereocenters. The van der Waals surface area contributed by atoms with Gasteiger partial charge in [-0.2, -0.15) is 0 Å². The van der Waals surface area contributed by atoms with Crippen molar-refractivity contribution < 1.29 is 23.7 Å². The first-order valence-corrected chi connectivity index (χ1v) is 10.2. The molecule has 19 heavy (non-hydrogen) atoms. The van der Waals surface area contributed by atoms with Gasteiger partial charge >= 0.3 is 6.09 Å². The molecule has 0 aliphatic rings. The number of rotatable bonds is 10. The van der Waals surface area contributed by atoms with Crippen LogP contribution in [0.25, 0.3) is 0 Å². The first-order chi connectivity index (χ1) is 8.88. The summed E-state index contributed by atoms with van der Waals surface area (Å²) in [6, 6.07) is -0.711. The fraction of sp³-hybridized carbons (Fsp3) is 0.800. The zero-order valence-electron chi connectivity index (χ0n) is 11.2. The summed E-state index contributed by atoms with van der Waals surface area (Å²) < 4.78 is 10.8. The van der Waals surface area contributed by atoms with Crippen LogP contribution in [0.4, 0.5) is 4.79 Å². The van der Waals surface area contributed by atoms with E-state index in [9.17, 15) is 9.59 Å². The molecule has 112 valence electrons. The number of nitrogens with one attached hydrogen (secondary N) is 1. The van der Waals surface area contributed by atoms with Crippen LogP contribution in [0.5, 0.6) is 0 Å². The fourth-order valence-electron chi connectivity index (χ4n) is 1.23. The molecule has 0 heterocycles. The molecule has 0 aliphatic carbocycles. The lowest BCUT2D eigenvalue weighted by Crippen LogP contribution is -2.40. The van der Waals surface area contributed by atoms with E-state index in [-0.39, 0.29) is 11.5 Å². The summed E-state index contributed by atoms with van der Waals surface area (Å²) in [5, 5.41) is 10.8. The van der Waals surface area contributed by atoms with Gasteiger partial charge in [0.25, 0.3) is 0 Å². The minimum Gasteiger partial charge on any atom is -0.465 e. The SMILES string of the molecule is CCOP(=S)(OCC)SCC(=O)C(CC)NC(=O)O. The highest BCUT2D eigenvalue weighted by atomic mass is 32.9. The number of hydrogen-bond donors (Lipinski definition) is 2. The van der Waals surface area contributed by atoms with Crippen LogP contribution in [0.2, 0.25) is 0 Å². The first kappa shape index (κ1) is 18.9. The zero-order chi connectivity index (χ0) is 14.9. The molecule has 0 radical (unpaired) electrons. The van der Waals surface area contributed by atoms with Crippen LogP contribution in [0.15, 0.2) is 0 Å². The van der Waals surface area contributed by atoms with E-state index in [0.717, 1.165) is 11.4 Å². The number of ketones is 1. The van der Waals surface area contributed by atoms with Crippen LogP contribution in [-0.4, -0.2) is 42.0 Å². The number of hydrogen-bond acceptors (Lipinski definition) is 6. The summed E-state index contributed by atoms with van der Waals surface area (Å²) in [6.45, 7) is 6.20. The van der Waals surface area contributed by atoms with Gasteiger partial charge in [0.2, 0.25) is 5.69 Å². The standard InChI is InChI=1S/C10H20NO5PS2/c1-4-8(11-10(13)14)9(12)7-19-17(18,15-5-2)16-6-3/h8,11H,4-7H2,1-3H3,(H,13,14). The molecule has 1 amide bonds. The van der Waals surface area contributed by atoms with E-state index in [4.69, 9.17) is 26.0 Å². The van der Waals surface area contributed by atoms with Crippen molar-refractivity contribution in [1.29, 1.82) is 0 Å². The summed E-state index contributed by atoms with van der Waals surface area (Å²) in [4.78, 5) is 22.4. The molecule has 0 aromatic rings. The van der Waals surface area contributed by atoms with Crippen LogP contribution < -0.4 is 5.32 Å². The van der Waals surface area contributed by atoms with E-state index < -0.39 is 17.8 Å². The highest BCUT2D eigenvalue weighted by molar-refractivity contribution is 8.68. The number of amides is 1. The van der Waals surface area contributed by atoms with Gasteiger partial charge < -0.3 is 19.5 Å². The molecule has 0 aromatic carbocycles. The van der Waals surface area contributed by atoms with Gasteiger partial charge in [-0.15, -0.1) is 0 Å². The molecule has 0 aliphatic heterocycles. The third-order valence-corrected chi connectivity index (χ3v) is 7.46. The number of Topliss-reactive ketones (excluding diaryl/α,β-unsaturated/α-hetero) is 1. The van der Waals surface area contributed by atoms with Crippen LogP contribution >= 0.6 is 17.1 Å². The van der Waals surface area contributed by atoms with Crippen LogP contribution in [0.1, 0.15) is 27.2 Å². The summed E-state index contributed by atoms with van der Waals surface area (Å²) in [7, 11) is 0. The third-order valence-electron chi connectivity index (χ3n) is 2.03. The maximum absolute atomic E-state index is 11.9. The monoisotopic (exact) mass is 329 g/mol. The fourth-order valence-corrected chi connectivity index (χ4v) is 5.62. The van der Waals surface area contributed by atoms with Gasteiger partial charge in [0.15, 0.2) is 5.78 Å². The molecular formula is C10H20NO5PS2. The molecule has 0 bridgehead atoms. The Morgan fingerprint density at radius 1 is 1.32 bits per heavy atom. The Kier molecular flexibility index (Phi) is 9.64. The first-order valence-electron chi connectivity index (χ1n) is 5.94. The highest BCUT2D eigenvalue weighted by Gasteiger charge is 2.24. The second kappa shape index (κ2) is 9.72. The van der Waals surface area contributed by atoms with E-state index in [2.05, 4.69) is 5.32 Å². The Balaban J connectivity index is 4.45. The number of carbonyl (C=O) groups excluding carboxylic acids is 1. The topological polar surface area (TPSA) is 84.9 Å². The highest BCUT2D eigenvalue weighted by Crippen LogP contribution is 2.60. The molecule has 0 saturated carbocycles. The second-order valence-corrected chi connectivity index (χ2v) is 9.74.